The first-order valence-electron chi connectivity index (χ1n) is 19.6. The third-order valence-electron chi connectivity index (χ3n) is 10.5. The maximum Gasteiger partial charge on any atom is 0.246 e. The molecule has 16 heteroatoms. The van der Waals surface area contributed by atoms with Gasteiger partial charge in [0.05, 0.1) is 6.04 Å². The predicted octanol–water partition coefficient (Wildman–Crippen LogP) is -0.0732. The lowest BCUT2D eigenvalue weighted by Gasteiger charge is -2.31. The summed E-state index contributed by atoms with van der Waals surface area (Å²) in [4.78, 5) is 88.8. The molecule has 3 aliphatic heterocycles. The molecule has 6 atom stereocenters. The number of aliphatic imine (C=N–C) groups is 1. The van der Waals surface area contributed by atoms with Gasteiger partial charge in [0.1, 0.15) is 30.2 Å². The fourth-order valence-corrected chi connectivity index (χ4v) is 7.42. The lowest BCUT2D eigenvalue weighted by atomic mass is 10.0. The van der Waals surface area contributed by atoms with Crippen LogP contribution in [-0.2, 0) is 35.2 Å². The monoisotopic (exact) mass is 752 g/mol. The molecule has 6 amide bonds. The Bertz CT molecular complexity index is 1470. The van der Waals surface area contributed by atoms with Crippen molar-refractivity contribution in [1.29, 1.82) is 0 Å². The highest BCUT2D eigenvalue weighted by Crippen LogP contribution is 2.22. The van der Waals surface area contributed by atoms with E-state index in [9.17, 15) is 28.8 Å². The van der Waals surface area contributed by atoms with Gasteiger partial charge in [-0.05, 0) is 63.9 Å². The van der Waals surface area contributed by atoms with Crippen molar-refractivity contribution < 1.29 is 28.8 Å². The molecule has 3 aliphatic rings. The van der Waals surface area contributed by atoms with E-state index in [1.165, 1.54) is 16.7 Å². The molecule has 0 aromatic heterocycles. The van der Waals surface area contributed by atoms with Crippen LogP contribution in [0.25, 0.3) is 0 Å². The molecule has 3 saturated heterocycles. The number of hydrogen-bond acceptors (Lipinski definition) is 8. The summed E-state index contributed by atoms with van der Waals surface area (Å²) in [6, 6.07) is 4.04. The number of nitrogens with two attached hydrogens (primary N) is 3. The van der Waals surface area contributed by atoms with Crippen LogP contribution in [0.5, 0.6) is 0 Å². The molecule has 0 radical (unpaired) electrons. The molecule has 0 aliphatic carbocycles. The van der Waals surface area contributed by atoms with Crippen LogP contribution in [-0.4, -0.2) is 114 Å². The lowest BCUT2D eigenvalue weighted by molar-refractivity contribution is -0.143. The van der Waals surface area contributed by atoms with E-state index in [2.05, 4.69) is 26.3 Å². The van der Waals surface area contributed by atoms with Crippen molar-refractivity contribution in [2.45, 2.75) is 133 Å². The highest BCUT2D eigenvalue weighted by Gasteiger charge is 2.40. The Balaban J connectivity index is 1.54. The number of carbonyl (C=O) groups excluding carboxylic acids is 6. The topological polar surface area (TPSA) is 247 Å². The van der Waals surface area contributed by atoms with Crippen LogP contribution in [0.1, 0.15) is 96.0 Å². The van der Waals surface area contributed by atoms with E-state index in [0.29, 0.717) is 58.2 Å². The third kappa shape index (κ3) is 12.4. The molecule has 298 valence electrons. The molecule has 10 N–H and O–H groups in total. The van der Waals surface area contributed by atoms with E-state index >= 15 is 0 Å². The minimum absolute atomic E-state index is 0.0884. The van der Waals surface area contributed by atoms with E-state index in [1.807, 2.05) is 30.3 Å². The Morgan fingerprint density at radius 1 is 0.704 bits per heavy atom. The summed E-state index contributed by atoms with van der Waals surface area (Å²) >= 11 is 0. The van der Waals surface area contributed by atoms with Crippen molar-refractivity contribution in [2.75, 3.05) is 26.2 Å². The van der Waals surface area contributed by atoms with Gasteiger partial charge < -0.3 is 48.3 Å². The van der Waals surface area contributed by atoms with Crippen LogP contribution in [0, 0.1) is 0 Å². The fraction of sp³-hybridized carbons (Fsp3) is 0.658. The number of guanidine groups is 1. The smallest absolute Gasteiger partial charge is 0.246 e. The molecule has 0 bridgehead atoms. The zero-order chi connectivity index (χ0) is 39.0. The zero-order valence-corrected chi connectivity index (χ0v) is 31.6. The first-order chi connectivity index (χ1) is 26.0. The van der Waals surface area contributed by atoms with Crippen molar-refractivity contribution in [1.82, 2.24) is 31.1 Å². The molecule has 0 spiro atoms. The first-order valence-corrected chi connectivity index (χ1v) is 19.6. The van der Waals surface area contributed by atoms with Crippen molar-refractivity contribution in [3.63, 3.8) is 0 Å². The second-order valence-corrected chi connectivity index (χ2v) is 14.7. The number of benzene rings is 1. The van der Waals surface area contributed by atoms with Crippen LogP contribution in [0.3, 0.4) is 0 Å². The zero-order valence-electron chi connectivity index (χ0n) is 31.6. The average molecular weight is 753 g/mol. The highest BCUT2D eigenvalue weighted by atomic mass is 16.2. The van der Waals surface area contributed by atoms with Crippen LogP contribution in [0.2, 0.25) is 0 Å². The minimum atomic E-state index is -1.06. The fourth-order valence-electron chi connectivity index (χ4n) is 7.42. The van der Waals surface area contributed by atoms with E-state index in [4.69, 9.17) is 17.2 Å². The van der Waals surface area contributed by atoms with Crippen molar-refractivity contribution in [2.24, 2.45) is 22.2 Å². The summed E-state index contributed by atoms with van der Waals surface area (Å²) in [6.45, 7) is 2.92. The normalized spacial score (nSPS) is 27.6. The Morgan fingerprint density at radius 2 is 1.30 bits per heavy atom. The van der Waals surface area contributed by atoms with E-state index < -0.39 is 59.9 Å². The Kier molecular flexibility index (Phi) is 16.5. The third-order valence-corrected chi connectivity index (χ3v) is 10.5. The molecule has 4 rings (SSSR count). The summed E-state index contributed by atoms with van der Waals surface area (Å²) in [5, 5.41) is 11.4. The molecule has 54 heavy (non-hydrogen) atoms. The van der Waals surface area contributed by atoms with Crippen LogP contribution in [0.15, 0.2) is 35.3 Å². The van der Waals surface area contributed by atoms with Crippen molar-refractivity contribution in [3.8, 4) is 0 Å². The van der Waals surface area contributed by atoms with Gasteiger partial charge in [-0.1, -0.05) is 62.4 Å². The Morgan fingerprint density at radius 3 is 1.96 bits per heavy atom. The number of fused-ring (bicyclic) bond motifs is 2. The van der Waals surface area contributed by atoms with E-state index in [1.54, 1.807) is 0 Å². The summed E-state index contributed by atoms with van der Waals surface area (Å²) in [6.07, 6.45) is 8.65. The van der Waals surface area contributed by atoms with Crippen molar-refractivity contribution >= 4 is 41.4 Å². The molecular formula is C38H60N10O6. The van der Waals surface area contributed by atoms with Crippen LogP contribution < -0.4 is 38.5 Å². The summed E-state index contributed by atoms with van der Waals surface area (Å²) in [7, 11) is 0. The van der Waals surface area contributed by atoms with Gasteiger partial charge in [-0.3, -0.25) is 33.8 Å². The van der Waals surface area contributed by atoms with Gasteiger partial charge in [0, 0.05) is 32.6 Å². The molecule has 0 unspecified atom stereocenters. The van der Waals surface area contributed by atoms with Gasteiger partial charge in [-0.15, -0.1) is 0 Å². The van der Waals surface area contributed by atoms with E-state index in [-0.39, 0.29) is 37.2 Å². The quantitative estimate of drug-likeness (QED) is 0.117. The molecular weight excluding hydrogens is 692 g/mol. The van der Waals surface area contributed by atoms with Gasteiger partial charge in [-0.25, -0.2) is 0 Å². The number of rotatable bonds is 6. The summed E-state index contributed by atoms with van der Waals surface area (Å²) in [5.41, 5.74) is 18.1. The SMILES string of the molecule is C[C@@H]1NC(=O)[C@@H]2CCCN2C(=O)[C@H](Cc2ccccc2)NC(=O)[C@@H](N)CCCCCCCCNC(=O)[C@@H]2CCCN2C(=O)[C@H](CCCN=C(N)N)NC1=O. The van der Waals surface area contributed by atoms with Crippen LogP contribution >= 0.6 is 0 Å². The Hall–Kier alpha value is -4.73. The molecule has 1 aromatic rings. The second-order valence-electron chi connectivity index (χ2n) is 14.7. The number of hydrogen-bond donors (Lipinski definition) is 7. The maximum absolute atomic E-state index is 14.1. The predicted molar refractivity (Wildman–Crippen MR) is 204 cm³/mol. The number of amides is 6. The first kappa shape index (κ1) is 42.0. The molecule has 16 nitrogen and oxygen atoms in total. The summed E-state index contributed by atoms with van der Waals surface area (Å²) < 4.78 is 0. The molecule has 3 heterocycles. The minimum Gasteiger partial charge on any atom is -0.370 e. The van der Waals surface area contributed by atoms with Gasteiger partial charge in [0.2, 0.25) is 35.4 Å². The standard InChI is InChI=1S/C38H60N10O6/c1-25-32(49)45-28(17-11-21-43-38(40)41)36(53)47-22-12-18-30(47)34(51)42-20-10-5-3-2-4-9-16-27(39)33(50)46-29(24-26-14-7-6-8-15-26)37(54)48-23-13-19-31(48)35(52)44-25/h6-8,14-15,25,27-31H,2-5,9-13,16-24,39H2,1H3,(H,42,51)(H,44,52)(H,45,49)(H,46,50)(H4,40,41,43)/t25-,27-,28-,29-,30-,31-/m0/s1. The summed E-state index contributed by atoms with van der Waals surface area (Å²) in [5.74, 6) is -2.62. The molecule has 1 aromatic carbocycles. The van der Waals surface area contributed by atoms with E-state index in [0.717, 1.165) is 44.1 Å². The van der Waals surface area contributed by atoms with Gasteiger partial charge >= 0.3 is 0 Å². The number of nitrogens with zero attached hydrogens (tertiary/aromatic N) is 3. The average Bonchev–Trinajstić information content (AvgIpc) is 3.85. The second kappa shape index (κ2) is 21.2. The maximum atomic E-state index is 14.1. The number of carbonyl (C=O) groups is 6. The van der Waals surface area contributed by atoms with Crippen molar-refractivity contribution in [3.05, 3.63) is 35.9 Å². The largest absolute Gasteiger partial charge is 0.370 e. The Labute approximate surface area is 318 Å². The highest BCUT2D eigenvalue weighted by molar-refractivity contribution is 5.97. The molecule has 3 fully saturated rings. The van der Waals surface area contributed by atoms with Gasteiger partial charge in [0.25, 0.3) is 0 Å². The lowest BCUT2D eigenvalue weighted by Crippen LogP contribution is -2.59. The van der Waals surface area contributed by atoms with Crippen LogP contribution in [0.4, 0.5) is 0 Å². The number of nitrogens with one attached hydrogen (secondary N) is 4. The van der Waals surface area contributed by atoms with Gasteiger partial charge in [-0.2, -0.15) is 0 Å². The molecule has 0 saturated carbocycles. The van der Waals surface area contributed by atoms with Gasteiger partial charge in [0.15, 0.2) is 5.96 Å².